The van der Waals surface area contributed by atoms with E-state index in [1.807, 2.05) is 24.2 Å². The molecule has 0 N–H and O–H groups in total. The monoisotopic (exact) mass is 270 g/mol. The van der Waals surface area contributed by atoms with Gasteiger partial charge in [-0.3, -0.25) is 0 Å². The van der Waals surface area contributed by atoms with E-state index in [9.17, 15) is 0 Å². The van der Waals surface area contributed by atoms with Crippen LogP contribution in [-0.2, 0) is 7.05 Å². The van der Waals surface area contributed by atoms with Crippen molar-refractivity contribution in [2.75, 3.05) is 11.5 Å². The Labute approximate surface area is 114 Å². The van der Waals surface area contributed by atoms with Gasteiger partial charge in [0, 0.05) is 25.2 Å². The predicted molar refractivity (Wildman–Crippen MR) is 77.9 cm³/mol. The first kappa shape index (κ1) is 13.3. The lowest BCUT2D eigenvalue weighted by Crippen LogP contribution is -2.25. The van der Waals surface area contributed by atoms with Crippen molar-refractivity contribution in [2.45, 2.75) is 43.7 Å². The minimum atomic E-state index is 0.441. The second kappa shape index (κ2) is 6.19. The first-order valence-electron chi connectivity index (χ1n) is 6.47. The zero-order chi connectivity index (χ0) is 12.1. The fourth-order valence-corrected chi connectivity index (χ4v) is 4.34. The Morgan fingerprint density at radius 1 is 1.35 bits per heavy atom. The van der Waals surface area contributed by atoms with Gasteiger partial charge in [0.15, 0.2) is 5.16 Å². The predicted octanol–water partition coefficient (Wildman–Crippen LogP) is 3.78. The maximum absolute atomic E-state index is 4.61. The van der Waals surface area contributed by atoms with Crippen LogP contribution in [0.5, 0.6) is 0 Å². The minimum absolute atomic E-state index is 0.441. The molecule has 0 radical (unpaired) electrons. The smallest absolute Gasteiger partial charge is 0.167 e. The first-order valence-corrected chi connectivity index (χ1v) is 8.09. The maximum atomic E-state index is 4.61. The summed E-state index contributed by atoms with van der Waals surface area (Å²) in [7, 11) is 2.07. The van der Waals surface area contributed by atoms with Crippen LogP contribution in [0.15, 0.2) is 17.6 Å². The van der Waals surface area contributed by atoms with Crippen LogP contribution in [-0.4, -0.2) is 21.1 Å². The number of thioether (sulfide) groups is 1. The maximum Gasteiger partial charge on any atom is 0.167 e. The number of hydrogen-bond donors (Lipinski definition) is 1. The molecule has 1 saturated carbocycles. The molecule has 17 heavy (non-hydrogen) atoms. The van der Waals surface area contributed by atoms with Gasteiger partial charge in [-0.25, -0.2) is 4.98 Å². The normalized spacial score (nSPS) is 20.1. The number of imidazole rings is 1. The van der Waals surface area contributed by atoms with Gasteiger partial charge in [-0.05, 0) is 24.0 Å². The van der Waals surface area contributed by atoms with Gasteiger partial charge in [-0.1, -0.05) is 37.4 Å². The Hall–Kier alpha value is -0.0900. The average molecular weight is 270 g/mol. The molecule has 2 nitrogen and oxygen atoms in total. The molecule has 1 fully saturated rings. The number of aryl methyl sites for hydroxylation is 1. The molecule has 96 valence electrons. The summed E-state index contributed by atoms with van der Waals surface area (Å²) in [5.74, 6) is 2.19. The van der Waals surface area contributed by atoms with Gasteiger partial charge >= 0.3 is 0 Å². The summed E-state index contributed by atoms with van der Waals surface area (Å²) in [4.78, 5) is 4.39. The van der Waals surface area contributed by atoms with E-state index in [1.54, 1.807) is 0 Å². The van der Waals surface area contributed by atoms with E-state index in [1.165, 1.54) is 44.3 Å². The largest absolute Gasteiger partial charge is 0.329 e. The first-order chi connectivity index (χ1) is 8.26. The van der Waals surface area contributed by atoms with E-state index >= 15 is 0 Å². The highest BCUT2D eigenvalue weighted by Crippen LogP contribution is 2.40. The van der Waals surface area contributed by atoms with Crippen LogP contribution >= 0.6 is 24.4 Å². The van der Waals surface area contributed by atoms with Gasteiger partial charge in [0.1, 0.15) is 0 Å². The molecule has 0 aromatic carbocycles. The lowest BCUT2D eigenvalue weighted by Gasteiger charge is -2.30. The van der Waals surface area contributed by atoms with E-state index in [0.29, 0.717) is 5.41 Å². The Balaban J connectivity index is 1.96. The summed E-state index contributed by atoms with van der Waals surface area (Å²) in [6, 6.07) is 0. The van der Waals surface area contributed by atoms with Gasteiger partial charge in [0.25, 0.3) is 0 Å². The van der Waals surface area contributed by atoms with Crippen molar-refractivity contribution in [1.29, 1.82) is 0 Å². The van der Waals surface area contributed by atoms with Crippen molar-refractivity contribution >= 4 is 24.4 Å². The highest BCUT2D eigenvalue weighted by Gasteiger charge is 2.30. The zero-order valence-electron chi connectivity index (χ0n) is 10.6. The summed E-state index contributed by atoms with van der Waals surface area (Å²) >= 11 is 6.51. The topological polar surface area (TPSA) is 17.8 Å². The molecular formula is C13H22N2S2. The van der Waals surface area contributed by atoms with Gasteiger partial charge < -0.3 is 4.57 Å². The molecule has 0 bridgehead atoms. The van der Waals surface area contributed by atoms with E-state index in [0.717, 1.165) is 10.9 Å². The Morgan fingerprint density at radius 3 is 2.59 bits per heavy atom. The van der Waals surface area contributed by atoms with Gasteiger partial charge in [-0.15, -0.1) is 0 Å². The van der Waals surface area contributed by atoms with E-state index in [4.69, 9.17) is 0 Å². The molecule has 1 heterocycles. The molecule has 2 rings (SSSR count). The molecule has 0 spiro atoms. The van der Waals surface area contributed by atoms with E-state index in [-0.39, 0.29) is 0 Å². The molecule has 1 aliphatic rings. The van der Waals surface area contributed by atoms with Crippen molar-refractivity contribution in [1.82, 2.24) is 9.55 Å². The molecule has 0 aliphatic heterocycles. The molecule has 1 aliphatic carbocycles. The third kappa shape index (κ3) is 3.44. The number of hydrogen-bond acceptors (Lipinski definition) is 3. The second-order valence-corrected chi connectivity index (χ2v) is 6.44. The quantitative estimate of drug-likeness (QED) is 0.510. The summed E-state index contributed by atoms with van der Waals surface area (Å²) in [6.45, 7) is 0. The lowest BCUT2D eigenvalue weighted by atomic mass is 9.84. The fourth-order valence-electron chi connectivity index (χ4n) is 2.54. The molecule has 4 heteroatoms. The highest BCUT2D eigenvalue weighted by molar-refractivity contribution is 7.99. The Bertz CT molecular complexity index is 341. The van der Waals surface area contributed by atoms with Crippen LogP contribution < -0.4 is 0 Å². The van der Waals surface area contributed by atoms with Crippen LogP contribution in [0.25, 0.3) is 0 Å². The highest BCUT2D eigenvalue weighted by atomic mass is 32.2. The third-order valence-electron chi connectivity index (χ3n) is 3.78. The summed E-state index contributed by atoms with van der Waals surface area (Å²) in [5.41, 5.74) is 0.441. The molecular weight excluding hydrogens is 248 g/mol. The van der Waals surface area contributed by atoms with Crippen molar-refractivity contribution in [3.63, 3.8) is 0 Å². The number of nitrogens with zero attached hydrogens (tertiary/aromatic N) is 2. The molecule has 1 aromatic heterocycles. The van der Waals surface area contributed by atoms with Crippen LogP contribution in [0.3, 0.4) is 0 Å². The molecule has 0 saturated heterocycles. The summed E-state index contributed by atoms with van der Waals surface area (Å²) in [5, 5.41) is 1.13. The number of rotatable bonds is 4. The van der Waals surface area contributed by atoms with Crippen molar-refractivity contribution in [3.8, 4) is 0 Å². The van der Waals surface area contributed by atoms with Gasteiger partial charge in [-0.2, -0.15) is 12.6 Å². The summed E-state index contributed by atoms with van der Waals surface area (Å²) < 4.78 is 2.10. The number of thiol groups is 1. The van der Waals surface area contributed by atoms with Crippen LogP contribution in [0.4, 0.5) is 0 Å². The zero-order valence-corrected chi connectivity index (χ0v) is 12.3. The SMILES string of the molecule is Cn1ccnc1SCC1(CS)CCCCCC1. The van der Waals surface area contributed by atoms with E-state index in [2.05, 4.69) is 29.2 Å². The molecule has 0 amide bonds. The Morgan fingerprint density at radius 2 is 2.06 bits per heavy atom. The summed E-state index contributed by atoms with van der Waals surface area (Å²) in [6.07, 6.45) is 12.1. The average Bonchev–Trinajstić information content (AvgIpc) is 2.63. The van der Waals surface area contributed by atoms with Gasteiger partial charge in [0.2, 0.25) is 0 Å². The minimum Gasteiger partial charge on any atom is -0.329 e. The van der Waals surface area contributed by atoms with E-state index < -0.39 is 0 Å². The number of aromatic nitrogens is 2. The molecule has 0 atom stereocenters. The van der Waals surface area contributed by atoms with Crippen molar-refractivity contribution in [3.05, 3.63) is 12.4 Å². The van der Waals surface area contributed by atoms with Crippen LogP contribution in [0, 0.1) is 5.41 Å². The third-order valence-corrected chi connectivity index (χ3v) is 5.86. The van der Waals surface area contributed by atoms with Crippen LogP contribution in [0.2, 0.25) is 0 Å². The second-order valence-electron chi connectivity index (χ2n) is 5.18. The van der Waals surface area contributed by atoms with Crippen molar-refractivity contribution in [2.24, 2.45) is 12.5 Å². The molecule has 0 unspecified atom stereocenters. The van der Waals surface area contributed by atoms with Gasteiger partial charge in [0.05, 0.1) is 0 Å². The fraction of sp³-hybridized carbons (Fsp3) is 0.769. The van der Waals surface area contributed by atoms with Crippen LogP contribution in [0.1, 0.15) is 38.5 Å². The lowest BCUT2D eigenvalue weighted by molar-refractivity contribution is 0.332. The standard InChI is InChI=1S/C13H22N2S2/c1-15-9-8-14-12(15)17-11-13(10-16)6-4-2-3-5-7-13/h8-9,16H,2-7,10-11H2,1H3. The Kier molecular flexibility index (Phi) is 4.86. The molecule has 1 aromatic rings. The van der Waals surface area contributed by atoms with Crippen molar-refractivity contribution < 1.29 is 0 Å².